The fourth-order valence-corrected chi connectivity index (χ4v) is 4.62. The topological polar surface area (TPSA) is 0 Å². The Morgan fingerprint density at radius 2 is 1.18 bits per heavy atom. The van der Waals surface area contributed by atoms with E-state index in [0.717, 1.165) is 0 Å². The molecule has 0 unspecified atom stereocenters. The minimum atomic E-state index is 1.24. The van der Waals surface area contributed by atoms with Crippen LogP contribution >= 0.6 is 0 Å². The molecular formula is C28H40. The predicted molar refractivity (Wildman–Crippen MR) is 127 cm³/mol. The van der Waals surface area contributed by atoms with Crippen LogP contribution in [0.15, 0.2) is 24.3 Å². The Morgan fingerprint density at radius 1 is 0.571 bits per heavy atom. The third kappa shape index (κ3) is 6.50. The zero-order valence-electron chi connectivity index (χ0n) is 18.1. The molecule has 1 aromatic carbocycles. The highest BCUT2D eigenvalue weighted by Gasteiger charge is 2.10. The first-order valence-electron chi connectivity index (χ1n) is 12.1. The number of benzene rings is 1. The second kappa shape index (κ2) is 12.1. The molecule has 0 nitrogen and oxygen atoms in total. The van der Waals surface area contributed by atoms with E-state index in [1.54, 1.807) is 5.57 Å². The molecule has 0 atom stereocenters. The van der Waals surface area contributed by atoms with Crippen molar-refractivity contribution in [3.63, 3.8) is 0 Å². The Kier molecular flexibility index (Phi) is 9.14. The highest BCUT2D eigenvalue weighted by Crippen LogP contribution is 2.23. The van der Waals surface area contributed by atoms with Crippen LogP contribution in [0, 0.1) is 0 Å². The summed E-state index contributed by atoms with van der Waals surface area (Å²) in [6, 6.07) is 4.74. The maximum absolute atomic E-state index is 2.39. The molecule has 0 heteroatoms. The first kappa shape index (κ1) is 21.2. The lowest BCUT2D eigenvalue weighted by Crippen LogP contribution is -2.14. The van der Waals surface area contributed by atoms with Crippen LogP contribution in [-0.4, -0.2) is 0 Å². The van der Waals surface area contributed by atoms with Crippen molar-refractivity contribution in [1.82, 2.24) is 0 Å². The number of unbranched alkanes of at least 4 members (excludes halogenated alkanes) is 13. The predicted octanol–water partition coefficient (Wildman–Crippen LogP) is 7.54. The van der Waals surface area contributed by atoms with E-state index in [1.165, 1.54) is 118 Å². The Bertz CT molecular complexity index is 775. The summed E-state index contributed by atoms with van der Waals surface area (Å²) in [5, 5.41) is 2.81. The fourth-order valence-electron chi connectivity index (χ4n) is 4.62. The van der Waals surface area contributed by atoms with E-state index in [9.17, 15) is 0 Å². The minimum absolute atomic E-state index is 1.24. The van der Waals surface area contributed by atoms with Crippen LogP contribution in [-0.2, 0) is 0 Å². The SMILES string of the molecule is CCCCCCCCCCCCCCCCC1=CC=c2cc3c(cc21)=CC=C3. The van der Waals surface area contributed by atoms with Gasteiger partial charge >= 0.3 is 0 Å². The van der Waals surface area contributed by atoms with Crippen molar-refractivity contribution in [2.45, 2.75) is 103 Å². The lowest BCUT2D eigenvalue weighted by atomic mass is 9.98. The molecule has 152 valence electrons. The number of fused-ring (bicyclic) bond motifs is 2. The molecule has 0 aliphatic heterocycles. The molecule has 0 saturated carbocycles. The van der Waals surface area contributed by atoms with Crippen LogP contribution in [0.25, 0.3) is 23.8 Å². The molecule has 0 heterocycles. The molecular weight excluding hydrogens is 336 g/mol. The summed E-state index contributed by atoms with van der Waals surface area (Å²) in [5.41, 5.74) is 4.41. The molecule has 3 rings (SSSR count). The van der Waals surface area contributed by atoms with E-state index in [1.807, 2.05) is 0 Å². The Labute approximate surface area is 173 Å². The van der Waals surface area contributed by atoms with Crippen LogP contribution in [0.5, 0.6) is 0 Å². The fraction of sp³-hybridized carbons (Fsp3) is 0.571. The van der Waals surface area contributed by atoms with E-state index in [-0.39, 0.29) is 0 Å². The van der Waals surface area contributed by atoms with E-state index in [0.29, 0.717) is 0 Å². The van der Waals surface area contributed by atoms with Crippen LogP contribution in [0.1, 0.15) is 114 Å². The largest absolute Gasteiger partial charge is 0.0654 e. The third-order valence-corrected chi connectivity index (χ3v) is 6.42. The van der Waals surface area contributed by atoms with Crippen molar-refractivity contribution in [2.24, 2.45) is 0 Å². The molecule has 0 fully saturated rings. The third-order valence-electron chi connectivity index (χ3n) is 6.42. The zero-order valence-corrected chi connectivity index (χ0v) is 18.1. The summed E-state index contributed by atoms with van der Waals surface area (Å²) < 4.78 is 0. The second-order valence-electron chi connectivity index (χ2n) is 8.80. The smallest absolute Gasteiger partial charge is 0.0146 e. The van der Waals surface area contributed by atoms with Crippen molar-refractivity contribution < 1.29 is 0 Å². The molecule has 28 heavy (non-hydrogen) atoms. The van der Waals surface area contributed by atoms with E-state index < -0.39 is 0 Å². The number of rotatable bonds is 15. The van der Waals surface area contributed by atoms with Gasteiger partial charge in [-0.25, -0.2) is 0 Å². The highest BCUT2D eigenvalue weighted by molar-refractivity contribution is 5.80. The highest BCUT2D eigenvalue weighted by atomic mass is 14.1. The molecule has 0 bridgehead atoms. The Balaban J connectivity index is 1.18. The summed E-state index contributed by atoms with van der Waals surface area (Å²) in [7, 11) is 0. The second-order valence-corrected chi connectivity index (χ2v) is 8.80. The van der Waals surface area contributed by atoms with E-state index >= 15 is 0 Å². The molecule has 0 aromatic heterocycles. The lowest BCUT2D eigenvalue weighted by molar-refractivity contribution is 0.536. The van der Waals surface area contributed by atoms with Gasteiger partial charge in [-0.2, -0.15) is 0 Å². The summed E-state index contributed by atoms with van der Waals surface area (Å²) in [5.74, 6) is 0. The van der Waals surface area contributed by atoms with Gasteiger partial charge in [-0.3, -0.25) is 0 Å². The monoisotopic (exact) mass is 376 g/mol. The molecule has 1 aromatic rings. The first-order chi connectivity index (χ1) is 13.9. The van der Waals surface area contributed by atoms with Crippen molar-refractivity contribution in [3.8, 4) is 0 Å². The summed E-state index contributed by atoms with van der Waals surface area (Å²) in [4.78, 5) is 0. The average molecular weight is 377 g/mol. The van der Waals surface area contributed by atoms with Crippen molar-refractivity contribution in [1.29, 1.82) is 0 Å². The van der Waals surface area contributed by atoms with Gasteiger partial charge in [0.2, 0.25) is 0 Å². The normalized spacial score (nSPS) is 13.8. The van der Waals surface area contributed by atoms with Gasteiger partial charge in [-0.15, -0.1) is 0 Å². The molecule has 0 saturated heterocycles. The molecule has 0 N–H and O–H groups in total. The maximum atomic E-state index is 2.39. The zero-order chi connectivity index (χ0) is 19.4. The number of hydrogen-bond acceptors (Lipinski definition) is 0. The van der Waals surface area contributed by atoms with Gasteiger partial charge in [0.1, 0.15) is 0 Å². The van der Waals surface area contributed by atoms with Crippen molar-refractivity contribution in [2.75, 3.05) is 0 Å². The van der Waals surface area contributed by atoms with Gasteiger partial charge in [-0.05, 0) is 52.1 Å². The Morgan fingerprint density at radius 3 is 1.82 bits per heavy atom. The molecule has 0 amide bonds. The van der Waals surface area contributed by atoms with Gasteiger partial charge in [-0.1, -0.05) is 121 Å². The molecule has 2 aliphatic rings. The quantitative estimate of drug-likeness (QED) is 0.277. The van der Waals surface area contributed by atoms with Gasteiger partial charge in [0, 0.05) is 0 Å². The van der Waals surface area contributed by atoms with Crippen LogP contribution in [0.4, 0.5) is 0 Å². The maximum Gasteiger partial charge on any atom is -0.0146 e. The van der Waals surface area contributed by atoms with Crippen LogP contribution in [0.3, 0.4) is 0 Å². The number of allylic oxidation sites excluding steroid dienone is 3. The first-order valence-corrected chi connectivity index (χ1v) is 12.1. The van der Waals surface area contributed by atoms with Gasteiger partial charge in [0.05, 0.1) is 0 Å². The van der Waals surface area contributed by atoms with E-state index in [2.05, 4.69) is 49.4 Å². The molecule has 0 radical (unpaired) electrons. The summed E-state index contributed by atoms with van der Waals surface area (Å²) in [6.45, 7) is 2.30. The summed E-state index contributed by atoms with van der Waals surface area (Å²) >= 11 is 0. The Hall–Kier alpha value is -1.56. The minimum Gasteiger partial charge on any atom is -0.0654 e. The summed E-state index contributed by atoms with van der Waals surface area (Å²) in [6.07, 6.45) is 32.6. The molecule has 2 aliphatic carbocycles. The van der Waals surface area contributed by atoms with Gasteiger partial charge in [0.15, 0.2) is 0 Å². The van der Waals surface area contributed by atoms with Crippen LogP contribution in [0.2, 0.25) is 0 Å². The van der Waals surface area contributed by atoms with E-state index in [4.69, 9.17) is 0 Å². The number of hydrogen-bond donors (Lipinski definition) is 0. The van der Waals surface area contributed by atoms with Crippen molar-refractivity contribution in [3.05, 3.63) is 45.8 Å². The van der Waals surface area contributed by atoms with Crippen LogP contribution < -0.4 is 10.4 Å². The lowest BCUT2D eigenvalue weighted by Gasteiger charge is -2.07. The van der Waals surface area contributed by atoms with Crippen molar-refractivity contribution >= 4 is 23.8 Å². The molecule has 0 spiro atoms. The average Bonchev–Trinajstić information content (AvgIpc) is 3.32. The van der Waals surface area contributed by atoms with Gasteiger partial charge in [0.25, 0.3) is 0 Å². The standard InChI is InChI=1S/C28H40/c1-2-3-4-5-6-7-8-9-10-11-12-13-14-15-17-24-20-21-27-22-25-18-16-19-26(25)23-28(24)27/h16,18-23H,2-15,17H2,1H3. The van der Waals surface area contributed by atoms with Gasteiger partial charge < -0.3 is 0 Å².